The highest BCUT2D eigenvalue weighted by molar-refractivity contribution is 6.15. The van der Waals surface area contributed by atoms with Crippen LogP contribution in [0, 0.1) is 0 Å². The quantitative estimate of drug-likeness (QED) is 0.680. The van der Waals surface area contributed by atoms with Crippen LogP contribution in [0.2, 0.25) is 0 Å². The van der Waals surface area contributed by atoms with E-state index in [1.54, 1.807) is 7.11 Å². The van der Waals surface area contributed by atoms with Crippen molar-refractivity contribution in [3.63, 3.8) is 0 Å². The van der Waals surface area contributed by atoms with Crippen LogP contribution in [0.5, 0.6) is 5.75 Å². The number of aromatic amines is 1. The summed E-state index contributed by atoms with van der Waals surface area (Å²) in [6.45, 7) is 2.82. The van der Waals surface area contributed by atoms with Gasteiger partial charge in [0.1, 0.15) is 11.3 Å². The van der Waals surface area contributed by atoms with Crippen molar-refractivity contribution in [2.24, 2.45) is 0 Å². The van der Waals surface area contributed by atoms with Crippen LogP contribution in [0.1, 0.15) is 15.9 Å². The van der Waals surface area contributed by atoms with Crippen molar-refractivity contribution in [2.45, 2.75) is 0 Å². The molecule has 132 valence electrons. The number of morpholine rings is 1. The van der Waals surface area contributed by atoms with Gasteiger partial charge in [0.15, 0.2) is 6.20 Å². The van der Waals surface area contributed by atoms with Gasteiger partial charge in [0.25, 0.3) is 0 Å². The zero-order valence-corrected chi connectivity index (χ0v) is 14.7. The lowest BCUT2D eigenvalue weighted by Gasteiger charge is -2.30. The van der Waals surface area contributed by atoms with Gasteiger partial charge in [0, 0.05) is 24.7 Å². The molecule has 3 aromatic rings. The number of ketones is 1. The Kier molecular flexibility index (Phi) is 4.54. The number of hydrogen-bond donors (Lipinski definition) is 0. The van der Waals surface area contributed by atoms with Gasteiger partial charge in [-0.15, -0.1) is 0 Å². The molecule has 1 aromatic heterocycles. The maximum Gasteiger partial charge on any atom is 0.213 e. The number of benzene rings is 2. The monoisotopic (exact) mass is 349 g/mol. The standard InChI is InChI=1S/C21H20N2O3/c1-25-16-7-8-19-17(13-16)20(23-9-11-26-12-10-23)18(14-22-19)21(24)15-5-3-2-4-6-15/h2-8,13-14H,9-12H2,1H3/p+1. The largest absolute Gasteiger partial charge is 0.497 e. The van der Waals surface area contributed by atoms with Gasteiger partial charge in [-0.2, -0.15) is 0 Å². The number of nitrogens with one attached hydrogen (secondary N) is 1. The van der Waals surface area contributed by atoms with E-state index < -0.39 is 0 Å². The fraction of sp³-hybridized carbons (Fsp3) is 0.238. The van der Waals surface area contributed by atoms with Gasteiger partial charge in [0.05, 0.1) is 31.4 Å². The second-order valence-electron chi connectivity index (χ2n) is 6.26. The maximum atomic E-state index is 13.2. The van der Waals surface area contributed by atoms with Gasteiger partial charge in [-0.05, 0) is 12.1 Å². The van der Waals surface area contributed by atoms with Crippen LogP contribution in [0.4, 0.5) is 5.69 Å². The van der Waals surface area contributed by atoms with E-state index in [1.165, 1.54) is 0 Å². The predicted octanol–water partition coefficient (Wildman–Crippen LogP) is 2.73. The number of ether oxygens (including phenoxy) is 2. The molecule has 2 heterocycles. The number of rotatable bonds is 4. The highest BCUT2D eigenvalue weighted by atomic mass is 16.5. The molecule has 1 N–H and O–H groups in total. The van der Waals surface area contributed by atoms with Gasteiger partial charge in [-0.3, -0.25) is 4.79 Å². The van der Waals surface area contributed by atoms with E-state index in [0.29, 0.717) is 24.3 Å². The van der Waals surface area contributed by atoms with Crippen LogP contribution in [-0.4, -0.2) is 39.2 Å². The first-order valence-corrected chi connectivity index (χ1v) is 8.73. The van der Waals surface area contributed by atoms with E-state index >= 15 is 0 Å². The van der Waals surface area contributed by atoms with Crippen LogP contribution < -0.4 is 14.6 Å². The summed E-state index contributed by atoms with van der Waals surface area (Å²) in [5.41, 5.74) is 3.25. The van der Waals surface area contributed by atoms with Crippen molar-refractivity contribution in [1.29, 1.82) is 0 Å². The van der Waals surface area contributed by atoms with Gasteiger partial charge >= 0.3 is 0 Å². The van der Waals surface area contributed by atoms with Crippen molar-refractivity contribution in [2.75, 3.05) is 38.3 Å². The Hall–Kier alpha value is -2.92. The molecule has 0 unspecified atom stereocenters. The number of carbonyl (C=O) groups is 1. The van der Waals surface area contributed by atoms with Crippen molar-refractivity contribution >= 4 is 22.4 Å². The molecule has 0 atom stereocenters. The maximum absolute atomic E-state index is 13.2. The van der Waals surface area contributed by atoms with Crippen LogP contribution in [0.3, 0.4) is 0 Å². The van der Waals surface area contributed by atoms with Crippen molar-refractivity contribution in [1.82, 2.24) is 0 Å². The molecule has 1 aliphatic rings. The van der Waals surface area contributed by atoms with E-state index in [-0.39, 0.29) is 5.78 Å². The number of anilines is 1. The Balaban J connectivity index is 1.92. The van der Waals surface area contributed by atoms with Crippen molar-refractivity contribution < 1.29 is 19.3 Å². The average molecular weight is 349 g/mol. The minimum atomic E-state index is 0.00746. The summed E-state index contributed by atoms with van der Waals surface area (Å²) in [5.74, 6) is 0.776. The van der Waals surface area contributed by atoms with Gasteiger partial charge in [-0.1, -0.05) is 30.3 Å². The van der Waals surface area contributed by atoms with Crippen LogP contribution >= 0.6 is 0 Å². The van der Waals surface area contributed by atoms with E-state index in [1.807, 2.05) is 54.7 Å². The molecular weight excluding hydrogens is 328 g/mol. The molecule has 0 saturated carbocycles. The average Bonchev–Trinajstić information content (AvgIpc) is 2.73. The molecule has 2 aromatic carbocycles. The minimum Gasteiger partial charge on any atom is -0.497 e. The molecule has 1 fully saturated rings. The van der Waals surface area contributed by atoms with E-state index in [2.05, 4.69) is 9.88 Å². The third kappa shape index (κ3) is 3.02. The smallest absolute Gasteiger partial charge is 0.213 e. The lowest BCUT2D eigenvalue weighted by Crippen LogP contribution is -2.37. The minimum absolute atomic E-state index is 0.00746. The van der Waals surface area contributed by atoms with Crippen LogP contribution in [0.15, 0.2) is 54.7 Å². The third-order valence-corrected chi connectivity index (χ3v) is 4.72. The number of pyridine rings is 1. The highest BCUT2D eigenvalue weighted by Crippen LogP contribution is 2.32. The molecule has 0 spiro atoms. The van der Waals surface area contributed by atoms with Gasteiger partial charge < -0.3 is 14.4 Å². The summed E-state index contributed by atoms with van der Waals surface area (Å²) < 4.78 is 10.9. The van der Waals surface area contributed by atoms with E-state index in [4.69, 9.17) is 9.47 Å². The second kappa shape index (κ2) is 7.14. The summed E-state index contributed by atoms with van der Waals surface area (Å²) in [5, 5.41) is 0.980. The number of nitrogens with zero attached hydrogens (tertiary/aromatic N) is 1. The Morgan fingerprint density at radius 1 is 1.12 bits per heavy atom. The summed E-state index contributed by atoms with van der Waals surface area (Å²) in [4.78, 5) is 18.7. The first-order valence-electron chi connectivity index (χ1n) is 8.73. The summed E-state index contributed by atoms with van der Waals surface area (Å²) in [6, 6.07) is 15.3. The number of aromatic nitrogens is 1. The summed E-state index contributed by atoms with van der Waals surface area (Å²) in [6.07, 6.45) is 1.81. The normalized spacial score (nSPS) is 14.4. The molecule has 0 aliphatic carbocycles. The van der Waals surface area contributed by atoms with Gasteiger partial charge in [-0.25, -0.2) is 4.98 Å². The third-order valence-electron chi connectivity index (χ3n) is 4.72. The SMILES string of the molecule is COc1ccc2[nH+]cc(C(=O)c3ccccc3)c(N3CCOCC3)c2c1. The zero-order chi connectivity index (χ0) is 17.9. The number of carbonyl (C=O) groups excluding carboxylic acids is 1. The van der Waals surface area contributed by atoms with Gasteiger partial charge in [0.2, 0.25) is 11.3 Å². The Morgan fingerprint density at radius 3 is 2.62 bits per heavy atom. The Bertz CT molecular complexity index is 935. The number of methoxy groups -OCH3 is 1. The Morgan fingerprint density at radius 2 is 1.88 bits per heavy atom. The zero-order valence-electron chi connectivity index (χ0n) is 14.7. The van der Waals surface area contributed by atoms with Crippen LogP contribution in [0.25, 0.3) is 10.9 Å². The molecule has 1 saturated heterocycles. The molecule has 0 radical (unpaired) electrons. The molecule has 5 nitrogen and oxygen atoms in total. The summed E-state index contributed by atoms with van der Waals surface area (Å²) in [7, 11) is 1.65. The number of hydrogen-bond acceptors (Lipinski definition) is 4. The molecule has 0 bridgehead atoms. The van der Waals surface area contributed by atoms with E-state index in [0.717, 1.165) is 35.4 Å². The van der Waals surface area contributed by atoms with E-state index in [9.17, 15) is 4.79 Å². The summed E-state index contributed by atoms with van der Waals surface area (Å²) >= 11 is 0. The second-order valence-corrected chi connectivity index (χ2v) is 6.26. The molecular formula is C21H21N2O3+. The first-order chi connectivity index (χ1) is 12.8. The number of fused-ring (bicyclic) bond motifs is 1. The number of H-pyrrole nitrogens is 1. The molecule has 4 rings (SSSR count). The molecule has 5 heteroatoms. The van der Waals surface area contributed by atoms with Crippen LogP contribution in [-0.2, 0) is 4.74 Å². The fourth-order valence-electron chi connectivity index (χ4n) is 3.38. The lowest BCUT2D eigenvalue weighted by molar-refractivity contribution is -0.344. The van der Waals surface area contributed by atoms with Crippen molar-refractivity contribution in [3.8, 4) is 5.75 Å². The predicted molar refractivity (Wildman–Crippen MR) is 100.0 cm³/mol. The fourth-order valence-corrected chi connectivity index (χ4v) is 3.38. The molecule has 1 aliphatic heterocycles. The lowest BCUT2D eigenvalue weighted by atomic mass is 9.99. The topological polar surface area (TPSA) is 52.9 Å². The van der Waals surface area contributed by atoms with Crippen molar-refractivity contribution in [3.05, 3.63) is 65.9 Å². The first kappa shape index (κ1) is 16.5. The highest BCUT2D eigenvalue weighted by Gasteiger charge is 2.25. The molecule has 26 heavy (non-hydrogen) atoms. The Labute approximate surface area is 152 Å². The molecule has 0 amide bonds.